The molecule has 0 heterocycles. The molecule has 0 unspecified atom stereocenters. The summed E-state index contributed by atoms with van der Waals surface area (Å²) in [6.07, 6.45) is 0.817. The average molecular weight is 185 g/mol. The van der Waals surface area contributed by atoms with E-state index in [9.17, 15) is 0 Å². The zero-order chi connectivity index (χ0) is 10.7. The number of benzene rings is 1. The van der Waals surface area contributed by atoms with Crippen LogP contribution in [-0.4, -0.2) is 0 Å². The van der Waals surface area contributed by atoms with Gasteiger partial charge in [0.15, 0.2) is 0 Å². The molecule has 0 fully saturated rings. The fourth-order valence-electron chi connectivity index (χ4n) is 1.64. The van der Waals surface area contributed by atoms with Crippen molar-refractivity contribution in [2.75, 3.05) is 0 Å². The first kappa shape index (κ1) is 10.9. The fraction of sp³-hybridized carbons (Fsp3) is 0.357. The Kier molecular flexibility index (Phi) is 3.36. The van der Waals surface area contributed by atoms with Crippen molar-refractivity contribution in [3.05, 3.63) is 40.8 Å². The highest BCUT2D eigenvalue weighted by molar-refractivity contribution is 5.44. The van der Waals surface area contributed by atoms with Crippen molar-refractivity contribution in [2.24, 2.45) is 0 Å². The Bertz CT molecular complexity index is 400. The first-order valence-corrected chi connectivity index (χ1v) is 4.89. The van der Waals surface area contributed by atoms with E-state index in [4.69, 9.17) is 0 Å². The summed E-state index contributed by atoms with van der Waals surface area (Å²) < 4.78 is 0. The lowest BCUT2D eigenvalue weighted by Gasteiger charge is -2.12. The van der Waals surface area contributed by atoms with E-state index in [1.54, 1.807) is 0 Å². The minimum atomic E-state index is 0.817. The summed E-state index contributed by atoms with van der Waals surface area (Å²) in [5, 5.41) is 0. The highest BCUT2D eigenvalue weighted by Crippen LogP contribution is 2.21. The Morgan fingerprint density at radius 2 is 1.71 bits per heavy atom. The molecule has 0 aliphatic heterocycles. The summed E-state index contributed by atoms with van der Waals surface area (Å²) >= 11 is 0. The normalized spacial score (nSPS) is 9.50. The Hall–Kier alpha value is -1.22. The van der Waals surface area contributed by atoms with Gasteiger partial charge < -0.3 is 0 Å². The predicted molar refractivity (Wildman–Crippen MR) is 62.2 cm³/mol. The number of hydrogen-bond acceptors (Lipinski definition) is 0. The second-order valence-corrected chi connectivity index (χ2v) is 3.76. The van der Waals surface area contributed by atoms with Crippen molar-refractivity contribution >= 4 is 0 Å². The molecule has 0 saturated carbocycles. The summed E-state index contributed by atoms with van der Waals surface area (Å²) in [4.78, 5) is 0. The van der Waals surface area contributed by atoms with Crippen LogP contribution >= 0.6 is 0 Å². The monoisotopic (exact) mass is 185 g/mol. The van der Waals surface area contributed by atoms with Crippen LogP contribution < -0.4 is 0 Å². The van der Waals surface area contributed by atoms with Crippen molar-refractivity contribution in [3.63, 3.8) is 0 Å². The molecule has 0 aliphatic carbocycles. The fourth-order valence-corrected chi connectivity index (χ4v) is 1.64. The highest BCUT2D eigenvalue weighted by atomic mass is 14.1. The molecule has 1 aromatic carbocycles. The lowest BCUT2D eigenvalue weighted by atomic mass is 9.93. The van der Waals surface area contributed by atoms with Gasteiger partial charge in [0.2, 0.25) is 0 Å². The second-order valence-electron chi connectivity index (χ2n) is 3.76. The molecule has 0 aromatic heterocycles. The minimum absolute atomic E-state index is 0.817. The molecule has 73 valence electrons. The van der Waals surface area contributed by atoms with E-state index in [1.807, 2.05) is 0 Å². The standard InChI is InChI=1S/C14H17/c1-6-7-8-14-9-10(2)11(3)12(4)13(14)5/h9H,1,8H2,2-5H3. The topological polar surface area (TPSA) is 0 Å². The molecular formula is C14H17. The van der Waals surface area contributed by atoms with Crippen LogP contribution in [0.3, 0.4) is 0 Å². The third-order valence-corrected chi connectivity index (χ3v) is 2.99. The van der Waals surface area contributed by atoms with Crippen LogP contribution in [0, 0.1) is 46.5 Å². The van der Waals surface area contributed by atoms with Gasteiger partial charge >= 0.3 is 0 Å². The lowest BCUT2D eigenvalue weighted by Crippen LogP contribution is -1.97. The molecule has 0 nitrogen and oxygen atoms in total. The zero-order valence-corrected chi connectivity index (χ0v) is 9.49. The van der Waals surface area contributed by atoms with Gasteiger partial charge in [-0.1, -0.05) is 12.0 Å². The van der Waals surface area contributed by atoms with E-state index in [-0.39, 0.29) is 0 Å². The van der Waals surface area contributed by atoms with Gasteiger partial charge in [-0.2, -0.15) is 0 Å². The van der Waals surface area contributed by atoms with Crippen LogP contribution in [0.4, 0.5) is 0 Å². The van der Waals surface area contributed by atoms with E-state index in [2.05, 4.69) is 52.5 Å². The number of rotatable bonds is 1. The van der Waals surface area contributed by atoms with Gasteiger partial charge in [-0.25, -0.2) is 0 Å². The van der Waals surface area contributed by atoms with Crippen LogP contribution in [0.25, 0.3) is 0 Å². The Morgan fingerprint density at radius 1 is 1.07 bits per heavy atom. The molecule has 0 spiro atoms. The molecular weight excluding hydrogens is 168 g/mol. The van der Waals surface area contributed by atoms with E-state index in [0.717, 1.165) is 6.42 Å². The molecule has 0 bridgehead atoms. The van der Waals surface area contributed by atoms with Crippen LogP contribution in [0.15, 0.2) is 6.07 Å². The maximum absolute atomic E-state index is 3.53. The molecule has 0 saturated heterocycles. The highest BCUT2D eigenvalue weighted by Gasteiger charge is 2.05. The van der Waals surface area contributed by atoms with Gasteiger partial charge in [0.05, 0.1) is 0 Å². The van der Waals surface area contributed by atoms with Gasteiger partial charge in [-0.3, -0.25) is 0 Å². The predicted octanol–water partition coefficient (Wildman–Crippen LogP) is 3.30. The average Bonchev–Trinajstić information content (AvgIpc) is 2.18. The Labute approximate surface area is 87.4 Å². The van der Waals surface area contributed by atoms with Gasteiger partial charge in [0.25, 0.3) is 0 Å². The molecule has 14 heavy (non-hydrogen) atoms. The lowest BCUT2D eigenvalue weighted by molar-refractivity contribution is 1.14. The number of hydrogen-bond donors (Lipinski definition) is 0. The second kappa shape index (κ2) is 4.33. The summed E-state index contributed by atoms with van der Waals surface area (Å²) in [6, 6.07) is 2.24. The van der Waals surface area contributed by atoms with E-state index < -0.39 is 0 Å². The van der Waals surface area contributed by atoms with Crippen LogP contribution in [0.5, 0.6) is 0 Å². The smallest absolute Gasteiger partial charge is 0.0343 e. The minimum Gasteiger partial charge on any atom is -0.102 e. The summed E-state index contributed by atoms with van der Waals surface area (Å²) in [5.74, 6) is 5.72. The molecule has 1 rings (SSSR count). The maximum atomic E-state index is 3.53. The Morgan fingerprint density at radius 3 is 2.29 bits per heavy atom. The quantitative estimate of drug-likeness (QED) is 0.589. The first-order valence-electron chi connectivity index (χ1n) is 4.89. The van der Waals surface area contributed by atoms with Gasteiger partial charge in [0, 0.05) is 13.3 Å². The van der Waals surface area contributed by atoms with Crippen molar-refractivity contribution < 1.29 is 0 Å². The van der Waals surface area contributed by atoms with E-state index in [1.165, 1.54) is 27.8 Å². The molecule has 0 amide bonds. The van der Waals surface area contributed by atoms with Crippen molar-refractivity contribution in [2.45, 2.75) is 34.1 Å². The molecule has 0 aliphatic rings. The third-order valence-electron chi connectivity index (χ3n) is 2.99. The first-order chi connectivity index (χ1) is 6.57. The Balaban J connectivity index is 3.23. The van der Waals surface area contributed by atoms with Crippen molar-refractivity contribution in [1.29, 1.82) is 0 Å². The molecule has 0 N–H and O–H groups in total. The zero-order valence-electron chi connectivity index (χ0n) is 9.49. The maximum Gasteiger partial charge on any atom is 0.0343 e. The summed E-state index contributed by atoms with van der Waals surface area (Å²) in [6.45, 7) is 12.2. The van der Waals surface area contributed by atoms with Gasteiger partial charge in [-0.05, 0) is 55.5 Å². The van der Waals surface area contributed by atoms with E-state index >= 15 is 0 Å². The molecule has 1 radical (unpaired) electrons. The molecule has 1 aromatic rings. The van der Waals surface area contributed by atoms with Crippen molar-refractivity contribution in [1.82, 2.24) is 0 Å². The van der Waals surface area contributed by atoms with E-state index in [0.29, 0.717) is 0 Å². The summed E-state index contributed by atoms with van der Waals surface area (Å²) in [7, 11) is 0. The SMILES string of the molecule is [CH2]C#CCc1cc(C)c(C)c(C)c1C. The van der Waals surface area contributed by atoms with Crippen LogP contribution in [0.1, 0.15) is 27.8 Å². The molecule has 0 atom stereocenters. The van der Waals surface area contributed by atoms with Crippen molar-refractivity contribution in [3.8, 4) is 11.8 Å². The summed E-state index contributed by atoms with van der Waals surface area (Å²) in [5.41, 5.74) is 6.85. The van der Waals surface area contributed by atoms with Crippen LogP contribution in [-0.2, 0) is 6.42 Å². The van der Waals surface area contributed by atoms with Gasteiger partial charge in [0.1, 0.15) is 0 Å². The van der Waals surface area contributed by atoms with Gasteiger partial charge in [-0.15, -0.1) is 5.92 Å². The third kappa shape index (κ3) is 1.99. The number of aryl methyl sites for hydroxylation is 1. The largest absolute Gasteiger partial charge is 0.102 e. The van der Waals surface area contributed by atoms with Crippen LogP contribution in [0.2, 0.25) is 0 Å². The molecule has 0 heteroatoms.